The third-order valence-electron chi connectivity index (χ3n) is 3.05. The molecule has 0 aromatic carbocycles. The first kappa shape index (κ1) is 16.1. The van der Waals surface area contributed by atoms with Crippen molar-refractivity contribution in [1.29, 1.82) is 0 Å². The number of carbonyl (C=O) groups excluding carboxylic acids is 1. The molecule has 0 radical (unpaired) electrons. The highest BCUT2D eigenvalue weighted by molar-refractivity contribution is 7.99. The van der Waals surface area contributed by atoms with Crippen LogP contribution in [-0.4, -0.2) is 48.1 Å². The number of carbonyl (C=O) groups is 1. The maximum atomic E-state index is 11.8. The van der Waals surface area contributed by atoms with Gasteiger partial charge in [-0.1, -0.05) is 16.9 Å². The normalized spacial score (nSPS) is 10.7. The van der Waals surface area contributed by atoms with Crippen LogP contribution in [0.25, 0.3) is 11.4 Å². The predicted octanol–water partition coefficient (Wildman–Crippen LogP) is 0.711. The predicted molar refractivity (Wildman–Crippen MR) is 86.0 cm³/mol. The molecule has 1 amide bonds. The molecule has 0 atom stereocenters. The number of aryl methyl sites for hydroxylation is 1. The Labute approximate surface area is 141 Å². The lowest BCUT2D eigenvalue weighted by molar-refractivity contribution is -0.118. The minimum absolute atomic E-state index is 0.0880. The van der Waals surface area contributed by atoms with E-state index in [1.807, 2.05) is 13.1 Å². The number of amides is 1. The molecule has 10 heteroatoms. The molecule has 3 aromatic heterocycles. The fraction of sp³-hybridized carbons (Fsp3) is 0.286. The van der Waals surface area contributed by atoms with Gasteiger partial charge in [-0.25, -0.2) is 0 Å². The zero-order valence-electron chi connectivity index (χ0n) is 12.9. The number of thioether (sulfide) groups is 1. The second-order valence-corrected chi connectivity index (χ2v) is 5.81. The van der Waals surface area contributed by atoms with Gasteiger partial charge in [-0.05, 0) is 12.1 Å². The average molecular weight is 345 g/mol. The van der Waals surface area contributed by atoms with Gasteiger partial charge >= 0.3 is 0 Å². The van der Waals surface area contributed by atoms with E-state index >= 15 is 0 Å². The summed E-state index contributed by atoms with van der Waals surface area (Å²) in [5.41, 5.74) is 0.789. The van der Waals surface area contributed by atoms with Crippen molar-refractivity contribution in [3.63, 3.8) is 0 Å². The molecule has 0 saturated carbocycles. The number of pyridine rings is 1. The van der Waals surface area contributed by atoms with Gasteiger partial charge in [0.15, 0.2) is 5.16 Å². The molecular weight excluding hydrogens is 330 g/mol. The molecule has 0 saturated heterocycles. The molecule has 0 unspecified atom stereocenters. The topological polar surface area (TPSA) is 112 Å². The highest BCUT2D eigenvalue weighted by atomic mass is 32.2. The quantitative estimate of drug-likeness (QED) is 0.623. The second kappa shape index (κ2) is 7.68. The number of aromatic nitrogens is 6. The smallest absolute Gasteiger partial charge is 0.230 e. The van der Waals surface area contributed by atoms with Gasteiger partial charge in [0.2, 0.25) is 17.6 Å². The molecular formula is C14H15N7O2S. The van der Waals surface area contributed by atoms with Crippen molar-refractivity contribution in [3.05, 3.63) is 36.7 Å². The summed E-state index contributed by atoms with van der Waals surface area (Å²) in [5.74, 6) is 1.14. The van der Waals surface area contributed by atoms with Crippen molar-refractivity contribution in [3.8, 4) is 11.4 Å². The molecule has 3 aromatic rings. The lowest BCUT2D eigenvalue weighted by Gasteiger charge is -2.02. The molecule has 0 aliphatic heterocycles. The van der Waals surface area contributed by atoms with E-state index in [0.717, 1.165) is 5.56 Å². The van der Waals surface area contributed by atoms with E-state index in [9.17, 15) is 4.79 Å². The summed E-state index contributed by atoms with van der Waals surface area (Å²) in [4.78, 5) is 20.1. The molecule has 0 aliphatic carbocycles. The minimum atomic E-state index is -0.0880. The van der Waals surface area contributed by atoms with Gasteiger partial charge in [0, 0.05) is 38.0 Å². The van der Waals surface area contributed by atoms with Crippen LogP contribution in [0.2, 0.25) is 0 Å². The maximum Gasteiger partial charge on any atom is 0.230 e. The van der Waals surface area contributed by atoms with E-state index in [1.165, 1.54) is 11.8 Å². The number of hydrogen-bond acceptors (Lipinski definition) is 8. The highest BCUT2D eigenvalue weighted by Crippen LogP contribution is 2.14. The van der Waals surface area contributed by atoms with Crippen LogP contribution in [0.4, 0.5) is 0 Å². The Morgan fingerprint density at radius 1 is 1.46 bits per heavy atom. The molecule has 0 fully saturated rings. The second-order valence-electron chi connectivity index (χ2n) is 4.87. The van der Waals surface area contributed by atoms with E-state index < -0.39 is 0 Å². The number of nitrogens with one attached hydrogen (secondary N) is 1. The van der Waals surface area contributed by atoms with E-state index in [2.05, 4.69) is 30.6 Å². The maximum absolute atomic E-state index is 11.8. The molecule has 124 valence electrons. The summed E-state index contributed by atoms with van der Waals surface area (Å²) >= 11 is 1.33. The first-order valence-electron chi connectivity index (χ1n) is 7.19. The molecule has 1 N–H and O–H groups in total. The van der Waals surface area contributed by atoms with Crippen LogP contribution in [0.1, 0.15) is 5.89 Å². The summed E-state index contributed by atoms with van der Waals surface area (Å²) in [7, 11) is 1.83. The summed E-state index contributed by atoms with van der Waals surface area (Å²) in [6.07, 6.45) is 5.41. The molecule has 0 spiro atoms. The van der Waals surface area contributed by atoms with Crippen molar-refractivity contribution in [2.24, 2.45) is 7.05 Å². The lowest BCUT2D eigenvalue weighted by Crippen LogP contribution is -2.27. The van der Waals surface area contributed by atoms with Crippen molar-refractivity contribution < 1.29 is 9.32 Å². The molecule has 0 aliphatic rings. The van der Waals surface area contributed by atoms with Crippen LogP contribution in [0, 0.1) is 0 Å². The molecule has 3 heterocycles. The minimum Gasteiger partial charge on any atom is -0.355 e. The zero-order chi connectivity index (χ0) is 16.8. The van der Waals surface area contributed by atoms with Gasteiger partial charge in [0.1, 0.15) is 6.33 Å². The van der Waals surface area contributed by atoms with Gasteiger partial charge in [-0.15, -0.1) is 10.2 Å². The van der Waals surface area contributed by atoms with E-state index in [4.69, 9.17) is 4.52 Å². The Morgan fingerprint density at radius 3 is 3.12 bits per heavy atom. The molecule has 3 rings (SSSR count). The summed E-state index contributed by atoms with van der Waals surface area (Å²) in [6.45, 7) is 0.423. The Balaban J connectivity index is 1.42. The Bertz CT molecular complexity index is 802. The zero-order valence-corrected chi connectivity index (χ0v) is 13.7. The van der Waals surface area contributed by atoms with Crippen LogP contribution in [0.5, 0.6) is 0 Å². The monoisotopic (exact) mass is 345 g/mol. The van der Waals surface area contributed by atoms with Crippen molar-refractivity contribution in [2.45, 2.75) is 11.6 Å². The molecule has 0 bridgehead atoms. The Hall–Kier alpha value is -2.75. The molecule has 24 heavy (non-hydrogen) atoms. The third kappa shape index (κ3) is 4.16. The standard InChI is InChI=1S/C14H15N7O2S/c1-21-9-17-19-14(21)24-8-11(22)16-6-4-12-18-13(20-23-12)10-3-2-5-15-7-10/h2-3,5,7,9H,4,6,8H2,1H3,(H,16,22). The van der Waals surface area contributed by atoms with Gasteiger partial charge in [-0.3, -0.25) is 9.78 Å². The van der Waals surface area contributed by atoms with Gasteiger partial charge in [-0.2, -0.15) is 4.98 Å². The van der Waals surface area contributed by atoms with Gasteiger partial charge in [0.25, 0.3) is 0 Å². The number of nitrogens with zero attached hydrogens (tertiary/aromatic N) is 6. The van der Waals surface area contributed by atoms with E-state index in [-0.39, 0.29) is 11.7 Å². The van der Waals surface area contributed by atoms with Crippen LogP contribution >= 0.6 is 11.8 Å². The largest absolute Gasteiger partial charge is 0.355 e. The fourth-order valence-corrected chi connectivity index (χ4v) is 2.58. The van der Waals surface area contributed by atoms with Crippen molar-refractivity contribution in [1.82, 2.24) is 35.2 Å². The van der Waals surface area contributed by atoms with Crippen molar-refractivity contribution in [2.75, 3.05) is 12.3 Å². The van der Waals surface area contributed by atoms with Crippen LogP contribution < -0.4 is 5.32 Å². The average Bonchev–Trinajstić information content (AvgIpc) is 3.23. The van der Waals surface area contributed by atoms with Crippen molar-refractivity contribution >= 4 is 17.7 Å². The summed E-state index contributed by atoms with van der Waals surface area (Å²) in [6, 6.07) is 3.66. The van der Waals surface area contributed by atoms with Crippen LogP contribution in [0.3, 0.4) is 0 Å². The first-order valence-corrected chi connectivity index (χ1v) is 8.17. The Kier molecular flexibility index (Phi) is 5.16. The highest BCUT2D eigenvalue weighted by Gasteiger charge is 2.10. The Morgan fingerprint density at radius 2 is 2.38 bits per heavy atom. The third-order valence-corrected chi connectivity index (χ3v) is 4.09. The van der Waals surface area contributed by atoms with E-state index in [1.54, 1.807) is 29.4 Å². The van der Waals surface area contributed by atoms with Crippen LogP contribution in [-0.2, 0) is 18.3 Å². The van der Waals surface area contributed by atoms with Gasteiger partial charge in [0.05, 0.1) is 5.75 Å². The number of hydrogen-bond donors (Lipinski definition) is 1. The lowest BCUT2D eigenvalue weighted by atomic mass is 10.3. The molecule has 9 nitrogen and oxygen atoms in total. The van der Waals surface area contributed by atoms with E-state index in [0.29, 0.717) is 29.8 Å². The fourth-order valence-electron chi connectivity index (χ4n) is 1.86. The van der Waals surface area contributed by atoms with Gasteiger partial charge < -0.3 is 14.4 Å². The summed E-state index contributed by atoms with van der Waals surface area (Å²) in [5, 5.41) is 15.1. The SMILES string of the molecule is Cn1cnnc1SCC(=O)NCCc1nc(-c2cccnc2)no1. The first-order chi connectivity index (χ1) is 11.7. The number of rotatable bonds is 7. The summed E-state index contributed by atoms with van der Waals surface area (Å²) < 4.78 is 6.93. The van der Waals surface area contributed by atoms with Crippen LogP contribution in [0.15, 0.2) is 40.5 Å².